The lowest BCUT2D eigenvalue weighted by atomic mass is 10.2. The highest BCUT2D eigenvalue weighted by atomic mass is 79.9. The number of thiocarbonyl (C=S) groups is 1. The molecule has 7 heteroatoms. The topological polar surface area (TPSA) is 67.5 Å². The van der Waals surface area contributed by atoms with Crippen LogP contribution in [0.5, 0.6) is 11.5 Å². The van der Waals surface area contributed by atoms with Crippen molar-refractivity contribution in [1.82, 2.24) is 10.7 Å². The van der Waals surface area contributed by atoms with Gasteiger partial charge in [-0.25, -0.2) is 0 Å². The van der Waals surface area contributed by atoms with E-state index in [9.17, 15) is 5.11 Å². The van der Waals surface area contributed by atoms with E-state index in [2.05, 4.69) is 31.8 Å². The number of nitrogens with one attached hydrogen (secondary N) is 3. The molecule has 0 aliphatic carbocycles. The fraction of sp³-hybridized carbons (Fsp3) is 0.200. The van der Waals surface area contributed by atoms with Gasteiger partial charge < -0.3 is 15.2 Å². The second-order valence-corrected chi connectivity index (χ2v) is 4.36. The van der Waals surface area contributed by atoms with Crippen molar-refractivity contribution in [2.24, 2.45) is 0 Å². The van der Waals surface area contributed by atoms with E-state index >= 15 is 0 Å². The Bertz CT molecular complexity index is 451. The van der Waals surface area contributed by atoms with Crippen LogP contribution < -0.4 is 20.6 Å². The monoisotopic (exact) mass is 318 g/mol. The number of phenolic OH excluding ortho intramolecular Hbond substituents is 1. The van der Waals surface area contributed by atoms with Crippen molar-refractivity contribution < 1.29 is 14.9 Å². The lowest BCUT2D eigenvalue weighted by Crippen LogP contribution is -2.82. The lowest BCUT2D eigenvalue weighted by molar-refractivity contribution is -0.500. The summed E-state index contributed by atoms with van der Waals surface area (Å²) in [7, 11) is 3.20. The molecule has 0 radical (unpaired) electrons. The molecule has 1 aromatic rings. The van der Waals surface area contributed by atoms with Crippen LogP contribution in [-0.4, -0.2) is 30.6 Å². The molecule has 0 fully saturated rings. The van der Waals surface area contributed by atoms with Crippen molar-refractivity contribution >= 4 is 39.5 Å². The first-order valence-corrected chi connectivity index (χ1v) is 5.91. The molecule has 92 valence electrons. The van der Waals surface area contributed by atoms with Crippen LogP contribution in [0.15, 0.2) is 16.6 Å². The molecule has 0 aromatic heterocycles. The number of halogens is 1. The van der Waals surface area contributed by atoms with Crippen LogP contribution in [0.2, 0.25) is 0 Å². The van der Waals surface area contributed by atoms with Crippen LogP contribution >= 0.6 is 28.1 Å². The van der Waals surface area contributed by atoms with Crippen molar-refractivity contribution in [2.75, 3.05) is 14.2 Å². The van der Waals surface area contributed by atoms with Crippen LogP contribution in [0, 0.1) is 0 Å². The molecular weight excluding hydrogens is 306 g/mol. The maximum Gasteiger partial charge on any atom is 0.223 e. The smallest absolute Gasteiger partial charge is 0.223 e. The van der Waals surface area contributed by atoms with Crippen LogP contribution in [0.3, 0.4) is 0 Å². The van der Waals surface area contributed by atoms with E-state index in [-0.39, 0.29) is 5.75 Å². The van der Waals surface area contributed by atoms with Crippen LogP contribution in [-0.2, 0) is 0 Å². The Kier molecular flexibility index (Phi) is 5.17. The van der Waals surface area contributed by atoms with Gasteiger partial charge in [0.25, 0.3) is 0 Å². The van der Waals surface area contributed by atoms with Gasteiger partial charge in [-0.3, -0.25) is 0 Å². The third-order valence-electron chi connectivity index (χ3n) is 1.93. The summed E-state index contributed by atoms with van der Waals surface area (Å²) in [6.07, 6.45) is 1.58. The number of hydrazone groups is 1. The van der Waals surface area contributed by atoms with Crippen LogP contribution in [0.1, 0.15) is 5.56 Å². The van der Waals surface area contributed by atoms with Gasteiger partial charge in [0, 0.05) is 11.5 Å². The third-order valence-corrected chi connectivity index (χ3v) is 2.69. The van der Waals surface area contributed by atoms with Gasteiger partial charge in [-0.1, -0.05) is 15.9 Å². The number of benzene rings is 1. The zero-order valence-electron chi connectivity index (χ0n) is 9.37. The molecule has 0 atom stereocenters. The van der Waals surface area contributed by atoms with E-state index in [1.54, 1.807) is 25.4 Å². The van der Waals surface area contributed by atoms with E-state index < -0.39 is 0 Å². The number of hydrogen-bond acceptors (Lipinski definition) is 3. The Labute approximate surface area is 113 Å². The second-order valence-electron chi connectivity index (χ2n) is 3.04. The SMILES string of the molecule is CNC(=S)N/[NH+]=C/c1cc(Br)cc(OC)c1O. The molecule has 0 saturated carbocycles. The van der Waals surface area contributed by atoms with Gasteiger partial charge in [-0.05, 0) is 24.4 Å². The summed E-state index contributed by atoms with van der Waals surface area (Å²) in [4.78, 5) is 0. The number of methoxy groups -OCH3 is 1. The maximum absolute atomic E-state index is 9.84. The van der Waals surface area contributed by atoms with E-state index in [0.29, 0.717) is 16.4 Å². The highest BCUT2D eigenvalue weighted by Gasteiger charge is 2.10. The fourth-order valence-electron chi connectivity index (χ4n) is 1.10. The number of hydrazine groups is 1. The molecule has 4 N–H and O–H groups in total. The van der Waals surface area contributed by atoms with Gasteiger partial charge in [0.15, 0.2) is 11.5 Å². The molecule has 0 heterocycles. The first-order chi connectivity index (χ1) is 8.08. The number of hydrogen-bond donors (Lipinski definition) is 4. The highest BCUT2D eigenvalue weighted by Crippen LogP contribution is 2.32. The van der Waals surface area contributed by atoms with Crippen LogP contribution in [0.4, 0.5) is 0 Å². The largest absolute Gasteiger partial charge is 0.504 e. The summed E-state index contributed by atoms with van der Waals surface area (Å²) >= 11 is 8.20. The summed E-state index contributed by atoms with van der Waals surface area (Å²) in [6, 6.07) is 3.42. The molecule has 0 aliphatic heterocycles. The van der Waals surface area contributed by atoms with E-state index in [1.807, 2.05) is 0 Å². The van der Waals surface area contributed by atoms with Gasteiger partial charge in [0.05, 0.1) is 12.7 Å². The van der Waals surface area contributed by atoms with Gasteiger partial charge >= 0.3 is 0 Å². The average molecular weight is 319 g/mol. The Balaban J connectivity index is 2.90. The Morgan fingerprint density at radius 1 is 1.59 bits per heavy atom. The van der Waals surface area contributed by atoms with Gasteiger partial charge in [0.2, 0.25) is 11.3 Å². The molecule has 0 bridgehead atoms. The van der Waals surface area contributed by atoms with Gasteiger partial charge in [-0.2, -0.15) is 0 Å². The Morgan fingerprint density at radius 3 is 2.88 bits per heavy atom. The second kappa shape index (κ2) is 6.41. The molecule has 0 saturated heterocycles. The van der Waals surface area contributed by atoms with Gasteiger partial charge in [0.1, 0.15) is 0 Å². The summed E-state index contributed by atoms with van der Waals surface area (Å²) in [5.41, 5.74) is 3.28. The Morgan fingerprint density at radius 2 is 2.29 bits per heavy atom. The molecule has 1 aromatic carbocycles. The van der Waals surface area contributed by atoms with Gasteiger partial charge in [-0.15, -0.1) is 10.5 Å². The average Bonchev–Trinajstić information content (AvgIpc) is 2.32. The molecule has 0 amide bonds. The lowest BCUT2D eigenvalue weighted by Gasteiger charge is -2.05. The van der Waals surface area contributed by atoms with Crippen molar-refractivity contribution in [3.63, 3.8) is 0 Å². The van der Waals surface area contributed by atoms with E-state index in [1.165, 1.54) is 7.11 Å². The summed E-state index contributed by atoms with van der Waals surface area (Å²) < 4.78 is 5.83. The predicted octanol–water partition coefficient (Wildman–Crippen LogP) is -0.328. The third kappa shape index (κ3) is 3.86. The molecular formula is C10H13BrN3O2S+. The van der Waals surface area contributed by atoms with E-state index in [4.69, 9.17) is 17.0 Å². The van der Waals surface area contributed by atoms with Crippen molar-refractivity contribution in [3.8, 4) is 11.5 Å². The molecule has 0 unspecified atom stereocenters. The normalized spacial score (nSPS) is 10.3. The zero-order valence-corrected chi connectivity index (χ0v) is 11.8. The first-order valence-electron chi connectivity index (χ1n) is 4.71. The molecule has 0 spiro atoms. The summed E-state index contributed by atoms with van der Waals surface area (Å²) in [6.45, 7) is 0. The number of phenols is 1. The van der Waals surface area contributed by atoms with Crippen molar-refractivity contribution in [1.29, 1.82) is 0 Å². The maximum atomic E-state index is 9.84. The number of aromatic hydroxyl groups is 1. The minimum Gasteiger partial charge on any atom is -0.504 e. The van der Waals surface area contributed by atoms with Crippen molar-refractivity contribution in [2.45, 2.75) is 0 Å². The summed E-state index contributed by atoms with van der Waals surface area (Å²) in [5, 5.41) is 15.8. The highest BCUT2D eigenvalue weighted by molar-refractivity contribution is 9.10. The molecule has 1 rings (SSSR count). The fourth-order valence-corrected chi connectivity index (χ4v) is 1.62. The zero-order chi connectivity index (χ0) is 12.8. The summed E-state index contributed by atoms with van der Waals surface area (Å²) in [5.74, 6) is 0.448. The number of rotatable bonds is 3. The standard InChI is InChI=1S/C10H12BrN3O2S/c1-12-10(17)14-13-5-6-3-7(11)4-8(16-2)9(6)15/h3-5,15H,1-2H3,(H2,12,14,17)/p+1/b13-5+. The Hall–Kier alpha value is -1.34. The molecule has 0 aliphatic rings. The van der Waals surface area contributed by atoms with Crippen LogP contribution in [0.25, 0.3) is 0 Å². The minimum atomic E-state index is 0.0559. The predicted molar refractivity (Wildman–Crippen MR) is 73.3 cm³/mol. The first kappa shape index (κ1) is 13.7. The molecule has 17 heavy (non-hydrogen) atoms. The van der Waals surface area contributed by atoms with E-state index in [0.717, 1.165) is 4.47 Å². The molecule has 5 nitrogen and oxygen atoms in total. The quantitative estimate of drug-likeness (QED) is 0.349. The minimum absolute atomic E-state index is 0.0559. The van der Waals surface area contributed by atoms with Crippen molar-refractivity contribution in [3.05, 3.63) is 22.2 Å². The number of ether oxygens (including phenoxy) is 1.